The van der Waals surface area contributed by atoms with E-state index in [9.17, 15) is 0 Å². The fraction of sp³-hybridized carbons (Fsp3) is 0.154. The molecular weight excluding hydrogens is 264 g/mol. The monoisotopic (exact) mass is 276 g/mol. The van der Waals surface area contributed by atoms with Gasteiger partial charge >= 0.3 is 0 Å². The van der Waals surface area contributed by atoms with Crippen molar-refractivity contribution in [3.8, 4) is 0 Å². The zero-order chi connectivity index (χ0) is 11.5. The molecule has 0 unspecified atom stereocenters. The van der Waals surface area contributed by atoms with Crippen molar-refractivity contribution in [1.82, 2.24) is 4.98 Å². The van der Waals surface area contributed by atoms with Gasteiger partial charge in [0.1, 0.15) is 5.82 Å². The number of rotatable bonds is 2. The molecule has 0 aliphatic heterocycles. The van der Waals surface area contributed by atoms with E-state index < -0.39 is 0 Å². The lowest BCUT2D eigenvalue weighted by Gasteiger charge is -2.08. The first kappa shape index (κ1) is 11.1. The molecule has 0 bridgehead atoms. The summed E-state index contributed by atoms with van der Waals surface area (Å²) in [6.45, 7) is 4.09. The highest BCUT2D eigenvalue weighted by Gasteiger charge is 2.01. The van der Waals surface area contributed by atoms with Gasteiger partial charge in [0, 0.05) is 11.9 Å². The highest BCUT2D eigenvalue weighted by molar-refractivity contribution is 9.10. The van der Waals surface area contributed by atoms with Gasteiger partial charge in [-0.3, -0.25) is 0 Å². The maximum absolute atomic E-state index is 4.34. The number of nitrogens with zero attached hydrogens (tertiary/aromatic N) is 1. The highest BCUT2D eigenvalue weighted by atomic mass is 79.9. The number of aryl methyl sites for hydroxylation is 2. The van der Waals surface area contributed by atoms with Gasteiger partial charge in [0.25, 0.3) is 0 Å². The summed E-state index contributed by atoms with van der Waals surface area (Å²) in [7, 11) is 0. The second kappa shape index (κ2) is 4.66. The van der Waals surface area contributed by atoms with Gasteiger partial charge in [-0.25, -0.2) is 4.98 Å². The Labute approximate surface area is 104 Å². The molecule has 1 aromatic carbocycles. The van der Waals surface area contributed by atoms with Crippen LogP contribution in [0.1, 0.15) is 11.1 Å². The summed E-state index contributed by atoms with van der Waals surface area (Å²) in [6, 6.07) is 10.3. The first-order chi connectivity index (χ1) is 7.65. The fourth-order valence-electron chi connectivity index (χ4n) is 1.49. The van der Waals surface area contributed by atoms with Gasteiger partial charge in [-0.1, -0.05) is 12.1 Å². The Morgan fingerprint density at radius 2 is 1.94 bits per heavy atom. The summed E-state index contributed by atoms with van der Waals surface area (Å²) in [6.07, 6.45) is 1.85. The van der Waals surface area contributed by atoms with Gasteiger partial charge in [-0.2, -0.15) is 0 Å². The van der Waals surface area contributed by atoms with E-state index in [1.165, 1.54) is 5.56 Å². The maximum Gasteiger partial charge on any atom is 0.144 e. The molecule has 0 aliphatic rings. The van der Waals surface area contributed by atoms with Crippen LogP contribution >= 0.6 is 15.9 Å². The quantitative estimate of drug-likeness (QED) is 0.889. The average Bonchev–Trinajstić information content (AvgIpc) is 2.22. The summed E-state index contributed by atoms with van der Waals surface area (Å²) in [5.41, 5.74) is 3.42. The van der Waals surface area contributed by atoms with E-state index in [0.29, 0.717) is 0 Å². The van der Waals surface area contributed by atoms with Gasteiger partial charge in [-0.15, -0.1) is 0 Å². The molecule has 0 aliphatic carbocycles. The van der Waals surface area contributed by atoms with Crippen LogP contribution in [0, 0.1) is 13.8 Å². The minimum absolute atomic E-state index is 0.844. The summed E-state index contributed by atoms with van der Waals surface area (Å²) in [5.74, 6) is 0.844. The smallest absolute Gasteiger partial charge is 0.144 e. The molecule has 2 nitrogen and oxygen atoms in total. The van der Waals surface area contributed by atoms with Crippen LogP contribution in [0.4, 0.5) is 11.5 Å². The van der Waals surface area contributed by atoms with Gasteiger partial charge < -0.3 is 5.32 Å². The normalized spacial score (nSPS) is 10.2. The van der Waals surface area contributed by atoms with Crippen LogP contribution < -0.4 is 5.32 Å². The lowest BCUT2D eigenvalue weighted by Crippen LogP contribution is -1.95. The van der Waals surface area contributed by atoms with E-state index in [1.807, 2.05) is 31.3 Å². The Kier molecular flexibility index (Phi) is 3.25. The maximum atomic E-state index is 4.34. The van der Waals surface area contributed by atoms with Crippen LogP contribution in [0.3, 0.4) is 0 Å². The third kappa shape index (κ3) is 2.61. The molecular formula is C13H13BrN2. The van der Waals surface area contributed by atoms with Crippen molar-refractivity contribution in [1.29, 1.82) is 0 Å². The lowest BCUT2D eigenvalue weighted by atomic mass is 10.2. The van der Waals surface area contributed by atoms with Crippen LogP contribution in [0.25, 0.3) is 0 Å². The molecule has 3 heteroatoms. The fourth-order valence-corrected chi connectivity index (χ4v) is 2.05. The molecule has 0 saturated heterocycles. The number of benzene rings is 1. The molecule has 82 valence electrons. The molecule has 0 atom stereocenters. The van der Waals surface area contributed by atoms with Crippen molar-refractivity contribution in [2.75, 3.05) is 5.32 Å². The summed E-state index contributed by atoms with van der Waals surface area (Å²) in [5, 5.41) is 3.28. The highest BCUT2D eigenvalue weighted by Crippen LogP contribution is 2.24. The second-order valence-electron chi connectivity index (χ2n) is 3.84. The summed E-state index contributed by atoms with van der Waals surface area (Å²) in [4.78, 5) is 4.34. The molecule has 0 amide bonds. The second-order valence-corrected chi connectivity index (χ2v) is 4.69. The van der Waals surface area contributed by atoms with Gasteiger partial charge in [0.05, 0.1) is 4.47 Å². The van der Waals surface area contributed by atoms with Gasteiger partial charge in [0.15, 0.2) is 0 Å². The Balaban J connectivity index is 2.27. The third-order valence-corrected chi connectivity index (χ3v) is 2.86. The number of aromatic nitrogens is 1. The standard InChI is InChI=1S/C13H13BrN2/c1-9-4-3-5-11(6-9)16-13-12(14)7-10(2)8-15-13/h3-8H,1-2H3,(H,15,16). The molecule has 1 N–H and O–H groups in total. The molecule has 0 fully saturated rings. The van der Waals surface area contributed by atoms with Crippen molar-refractivity contribution in [3.63, 3.8) is 0 Å². The molecule has 0 saturated carbocycles. The lowest BCUT2D eigenvalue weighted by molar-refractivity contribution is 1.24. The number of anilines is 2. The van der Waals surface area contributed by atoms with E-state index in [-0.39, 0.29) is 0 Å². The Morgan fingerprint density at radius 1 is 1.12 bits per heavy atom. The van der Waals surface area contributed by atoms with Gasteiger partial charge in [0.2, 0.25) is 0 Å². The minimum atomic E-state index is 0.844. The van der Waals surface area contributed by atoms with Crippen LogP contribution in [0.15, 0.2) is 41.0 Å². The number of pyridine rings is 1. The minimum Gasteiger partial charge on any atom is -0.339 e. The van der Waals surface area contributed by atoms with Crippen LogP contribution in [0.5, 0.6) is 0 Å². The number of hydrogen-bond donors (Lipinski definition) is 1. The van der Waals surface area contributed by atoms with Crippen molar-refractivity contribution < 1.29 is 0 Å². The van der Waals surface area contributed by atoms with E-state index in [2.05, 4.69) is 45.3 Å². The molecule has 1 aromatic heterocycles. The molecule has 16 heavy (non-hydrogen) atoms. The van der Waals surface area contributed by atoms with Crippen molar-refractivity contribution in [2.24, 2.45) is 0 Å². The third-order valence-electron chi connectivity index (χ3n) is 2.26. The predicted octanol–water partition coefficient (Wildman–Crippen LogP) is 4.20. The summed E-state index contributed by atoms with van der Waals surface area (Å²) < 4.78 is 0.981. The largest absolute Gasteiger partial charge is 0.339 e. The zero-order valence-corrected chi connectivity index (χ0v) is 10.9. The summed E-state index contributed by atoms with van der Waals surface area (Å²) >= 11 is 3.50. The SMILES string of the molecule is Cc1cccc(Nc2ncc(C)cc2Br)c1. The first-order valence-corrected chi connectivity index (χ1v) is 5.90. The van der Waals surface area contributed by atoms with Crippen molar-refractivity contribution >= 4 is 27.4 Å². The molecule has 0 spiro atoms. The molecule has 2 rings (SSSR count). The van der Waals surface area contributed by atoms with E-state index in [1.54, 1.807) is 0 Å². The van der Waals surface area contributed by atoms with E-state index in [0.717, 1.165) is 21.5 Å². The van der Waals surface area contributed by atoms with Crippen molar-refractivity contribution in [3.05, 3.63) is 52.1 Å². The first-order valence-electron chi connectivity index (χ1n) is 5.11. The predicted molar refractivity (Wildman–Crippen MR) is 71.1 cm³/mol. The molecule has 0 radical (unpaired) electrons. The van der Waals surface area contributed by atoms with Gasteiger partial charge in [-0.05, 0) is 59.1 Å². The number of halogens is 1. The van der Waals surface area contributed by atoms with Crippen molar-refractivity contribution in [2.45, 2.75) is 13.8 Å². The Morgan fingerprint density at radius 3 is 2.62 bits per heavy atom. The zero-order valence-electron chi connectivity index (χ0n) is 9.29. The molecule has 2 aromatic rings. The number of hydrogen-bond acceptors (Lipinski definition) is 2. The van der Waals surface area contributed by atoms with Crippen LogP contribution in [-0.2, 0) is 0 Å². The van der Waals surface area contributed by atoms with E-state index in [4.69, 9.17) is 0 Å². The van der Waals surface area contributed by atoms with E-state index >= 15 is 0 Å². The Hall–Kier alpha value is -1.35. The van der Waals surface area contributed by atoms with Crippen LogP contribution in [0.2, 0.25) is 0 Å². The topological polar surface area (TPSA) is 24.9 Å². The van der Waals surface area contributed by atoms with Crippen LogP contribution in [-0.4, -0.2) is 4.98 Å². The Bertz CT molecular complexity index is 509. The number of nitrogens with one attached hydrogen (secondary N) is 1. The average molecular weight is 277 g/mol. The molecule has 1 heterocycles.